The molecule has 1 saturated carbocycles. The van der Waals surface area contributed by atoms with Crippen LogP contribution in [0.2, 0.25) is 0 Å². The molecule has 2 atom stereocenters. The summed E-state index contributed by atoms with van der Waals surface area (Å²) in [5, 5.41) is 3.04. The lowest BCUT2D eigenvalue weighted by atomic mass is 9.84. The highest BCUT2D eigenvalue weighted by Crippen LogP contribution is 2.32. The minimum atomic E-state index is 0.0112. The summed E-state index contributed by atoms with van der Waals surface area (Å²) < 4.78 is 11.0. The van der Waals surface area contributed by atoms with E-state index in [1.165, 1.54) is 44.9 Å². The maximum Gasteiger partial charge on any atom is 0.317 e. The first-order valence-electron chi connectivity index (χ1n) is 9.07. The van der Waals surface area contributed by atoms with Gasteiger partial charge >= 0.3 is 6.03 Å². The van der Waals surface area contributed by atoms with Crippen LogP contribution in [0.3, 0.4) is 0 Å². The summed E-state index contributed by atoms with van der Waals surface area (Å²) in [7, 11) is 0. The van der Waals surface area contributed by atoms with E-state index in [4.69, 9.17) is 9.47 Å². The van der Waals surface area contributed by atoms with Crippen LogP contribution < -0.4 is 5.32 Å². The van der Waals surface area contributed by atoms with Crippen LogP contribution >= 0.6 is 0 Å². The predicted octanol–water partition coefficient (Wildman–Crippen LogP) is 2.55. The Morgan fingerprint density at radius 3 is 2.73 bits per heavy atom. The van der Waals surface area contributed by atoms with Gasteiger partial charge in [0.1, 0.15) is 0 Å². The molecule has 0 aromatic heterocycles. The second kappa shape index (κ2) is 8.16. The Morgan fingerprint density at radius 2 is 1.95 bits per heavy atom. The third-order valence-corrected chi connectivity index (χ3v) is 5.33. The van der Waals surface area contributed by atoms with Gasteiger partial charge in [0.05, 0.1) is 25.9 Å². The van der Waals surface area contributed by atoms with Crippen molar-refractivity contribution in [3.05, 3.63) is 0 Å². The number of rotatable bonds is 4. The van der Waals surface area contributed by atoms with E-state index in [-0.39, 0.29) is 12.1 Å². The predicted molar refractivity (Wildman–Crippen MR) is 84.9 cm³/mol. The lowest BCUT2D eigenvalue weighted by Gasteiger charge is -2.31. The maximum absolute atomic E-state index is 12.5. The zero-order chi connectivity index (χ0) is 15.2. The molecule has 2 aliphatic heterocycles. The van der Waals surface area contributed by atoms with E-state index >= 15 is 0 Å². The van der Waals surface area contributed by atoms with E-state index in [1.807, 2.05) is 0 Å². The van der Waals surface area contributed by atoms with Gasteiger partial charge in [0.15, 0.2) is 0 Å². The summed E-state index contributed by atoms with van der Waals surface area (Å²) in [4.78, 5) is 14.5. The molecule has 3 fully saturated rings. The molecule has 126 valence electrons. The van der Waals surface area contributed by atoms with Gasteiger partial charge in [0.2, 0.25) is 0 Å². The van der Waals surface area contributed by atoms with Crippen molar-refractivity contribution < 1.29 is 14.3 Å². The molecule has 0 bridgehead atoms. The molecule has 5 heteroatoms. The van der Waals surface area contributed by atoms with Gasteiger partial charge in [-0.2, -0.15) is 0 Å². The van der Waals surface area contributed by atoms with Gasteiger partial charge in [-0.15, -0.1) is 0 Å². The number of nitrogens with one attached hydrogen (secondary N) is 1. The molecule has 2 saturated heterocycles. The molecule has 2 heterocycles. The number of carbonyl (C=O) groups is 1. The number of urea groups is 1. The van der Waals surface area contributed by atoms with Crippen molar-refractivity contribution in [2.45, 2.75) is 63.5 Å². The number of carbonyl (C=O) groups excluding carboxylic acids is 1. The summed E-state index contributed by atoms with van der Waals surface area (Å²) >= 11 is 0. The minimum absolute atomic E-state index is 0.0112. The normalized spacial score (nSPS) is 30.5. The standard InChI is InChI=1S/C17H30N2O3/c20-17(18-12-16-13-21-9-10-22-16)19-8-4-7-15(19)11-14-5-2-1-3-6-14/h14-16H,1-13H2,(H,18,20). The van der Waals surface area contributed by atoms with Gasteiger partial charge < -0.3 is 19.7 Å². The molecule has 0 aromatic rings. The van der Waals surface area contributed by atoms with Crippen LogP contribution in [0.25, 0.3) is 0 Å². The third-order valence-electron chi connectivity index (χ3n) is 5.33. The Bertz CT molecular complexity index is 352. The molecule has 0 radical (unpaired) electrons. The first kappa shape index (κ1) is 16.1. The molecule has 0 spiro atoms. The first-order valence-corrected chi connectivity index (χ1v) is 9.07. The number of nitrogens with zero attached hydrogens (tertiary/aromatic N) is 1. The minimum Gasteiger partial charge on any atom is -0.376 e. The van der Waals surface area contributed by atoms with Crippen molar-refractivity contribution in [2.24, 2.45) is 5.92 Å². The van der Waals surface area contributed by atoms with Gasteiger partial charge in [0, 0.05) is 19.1 Å². The highest BCUT2D eigenvalue weighted by Gasteiger charge is 2.31. The Kier molecular flexibility index (Phi) is 5.96. The largest absolute Gasteiger partial charge is 0.376 e. The Labute approximate surface area is 133 Å². The monoisotopic (exact) mass is 310 g/mol. The Balaban J connectivity index is 1.43. The summed E-state index contributed by atoms with van der Waals surface area (Å²) in [5.41, 5.74) is 0. The lowest BCUT2D eigenvalue weighted by molar-refractivity contribution is -0.0856. The fourth-order valence-electron chi connectivity index (χ4n) is 4.11. The van der Waals surface area contributed by atoms with Crippen LogP contribution in [0.1, 0.15) is 51.4 Å². The molecule has 3 rings (SSSR count). The molecule has 3 aliphatic rings. The first-order chi connectivity index (χ1) is 10.8. The van der Waals surface area contributed by atoms with Crippen molar-refractivity contribution in [3.8, 4) is 0 Å². The van der Waals surface area contributed by atoms with Crippen molar-refractivity contribution >= 4 is 6.03 Å². The fourth-order valence-corrected chi connectivity index (χ4v) is 4.11. The van der Waals surface area contributed by atoms with Gasteiger partial charge in [0.25, 0.3) is 0 Å². The van der Waals surface area contributed by atoms with Gasteiger partial charge in [-0.3, -0.25) is 0 Å². The number of hydrogen-bond acceptors (Lipinski definition) is 3. The molecule has 22 heavy (non-hydrogen) atoms. The molecule has 2 amide bonds. The Hall–Kier alpha value is -0.810. The lowest BCUT2D eigenvalue weighted by Crippen LogP contribution is -2.47. The summed E-state index contributed by atoms with van der Waals surface area (Å²) in [5.74, 6) is 0.835. The van der Waals surface area contributed by atoms with E-state index in [0.717, 1.165) is 18.9 Å². The van der Waals surface area contributed by atoms with Crippen LogP contribution in [0.5, 0.6) is 0 Å². The SMILES string of the molecule is O=C(NCC1COCCO1)N1CCCC1CC1CCCCC1. The zero-order valence-electron chi connectivity index (χ0n) is 13.6. The van der Waals surface area contributed by atoms with Crippen molar-refractivity contribution in [1.29, 1.82) is 0 Å². The van der Waals surface area contributed by atoms with Crippen LogP contribution in [-0.2, 0) is 9.47 Å². The number of amides is 2. The van der Waals surface area contributed by atoms with Crippen LogP contribution in [0, 0.1) is 5.92 Å². The smallest absolute Gasteiger partial charge is 0.317 e. The van der Waals surface area contributed by atoms with Crippen molar-refractivity contribution in [1.82, 2.24) is 10.2 Å². The third kappa shape index (κ3) is 4.35. The van der Waals surface area contributed by atoms with E-state index in [9.17, 15) is 4.79 Å². The highest BCUT2D eigenvalue weighted by molar-refractivity contribution is 5.74. The van der Waals surface area contributed by atoms with Gasteiger partial charge in [-0.25, -0.2) is 4.79 Å². The van der Waals surface area contributed by atoms with E-state index < -0.39 is 0 Å². The maximum atomic E-state index is 12.5. The second-order valence-electron chi connectivity index (χ2n) is 6.98. The van der Waals surface area contributed by atoms with Crippen LogP contribution in [-0.4, -0.2) is 56.0 Å². The number of ether oxygens (including phenoxy) is 2. The number of likely N-dealkylation sites (tertiary alicyclic amines) is 1. The van der Waals surface area contributed by atoms with Gasteiger partial charge in [-0.05, 0) is 25.2 Å². The molecule has 2 unspecified atom stereocenters. The Morgan fingerprint density at radius 1 is 1.09 bits per heavy atom. The summed E-state index contributed by atoms with van der Waals surface area (Å²) in [6.07, 6.45) is 10.4. The molecule has 1 N–H and O–H groups in total. The average Bonchev–Trinajstić information content (AvgIpc) is 3.03. The van der Waals surface area contributed by atoms with E-state index in [1.54, 1.807) is 0 Å². The second-order valence-corrected chi connectivity index (χ2v) is 6.98. The summed E-state index contributed by atoms with van der Waals surface area (Å²) in [6.45, 7) is 3.36. The van der Waals surface area contributed by atoms with Crippen LogP contribution in [0.4, 0.5) is 4.79 Å². The molecular weight excluding hydrogens is 280 g/mol. The van der Waals surface area contributed by atoms with Crippen LogP contribution in [0.15, 0.2) is 0 Å². The fraction of sp³-hybridized carbons (Fsp3) is 0.941. The highest BCUT2D eigenvalue weighted by atomic mass is 16.6. The van der Waals surface area contributed by atoms with E-state index in [0.29, 0.717) is 32.4 Å². The molecule has 1 aliphatic carbocycles. The van der Waals surface area contributed by atoms with E-state index in [2.05, 4.69) is 10.2 Å². The summed E-state index contributed by atoms with van der Waals surface area (Å²) in [6, 6.07) is 0.541. The quantitative estimate of drug-likeness (QED) is 0.868. The topological polar surface area (TPSA) is 50.8 Å². The molecular formula is C17H30N2O3. The molecule has 5 nitrogen and oxygen atoms in total. The molecule has 0 aromatic carbocycles. The van der Waals surface area contributed by atoms with Crippen molar-refractivity contribution in [3.63, 3.8) is 0 Å². The van der Waals surface area contributed by atoms with Crippen molar-refractivity contribution in [2.75, 3.05) is 32.9 Å². The van der Waals surface area contributed by atoms with Gasteiger partial charge in [-0.1, -0.05) is 32.1 Å². The number of hydrogen-bond donors (Lipinski definition) is 1. The average molecular weight is 310 g/mol. The zero-order valence-corrected chi connectivity index (χ0v) is 13.6.